The molecule has 0 aromatic carbocycles. The van der Waals surface area contributed by atoms with Crippen LogP contribution < -0.4 is 5.32 Å². The van der Waals surface area contributed by atoms with Gasteiger partial charge in [-0.1, -0.05) is 84.0 Å². The van der Waals surface area contributed by atoms with Crippen molar-refractivity contribution in [3.05, 3.63) is 0 Å². The maximum absolute atomic E-state index is 11.8. The van der Waals surface area contributed by atoms with E-state index in [1.165, 1.54) is 70.6 Å². The molecular weight excluding hydrogens is 334 g/mol. The summed E-state index contributed by atoms with van der Waals surface area (Å²) in [5.74, 6) is 0.360. The van der Waals surface area contributed by atoms with E-state index in [9.17, 15) is 13.2 Å². The van der Waals surface area contributed by atoms with Crippen LogP contribution in [0.1, 0.15) is 103 Å². The van der Waals surface area contributed by atoms with E-state index in [0.717, 1.165) is 12.8 Å². The molecule has 25 heavy (non-hydrogen) atoms. The third-order valence-electron chi connectivity index (χ3n) is 5.10. The maximum Gasteiger partial charge on any atom is 0.220 e. The first-order valence-corrected chi connectivity index (χ1v) is 12.4. The fraction of sp³-hybridized carbons (Fsp3) is 0.950. The number of carbonyl (C=O) groups excluding carboxylic acids is 1. The lowest BCUT2D eigenvalue weighted by Crippen LogP contribution is -2.35. The van der Waals surface area contributed by atoms with Gasteiger partial charge in [-0.15, -0.1) is 0 Å². The van der Waals surface area contributed by atoms with Gasteiger partial charge >= 0.3 is 0 Å². The minimum absolute atomic E-state index is 0.0187. The summed E-state index contributed by atoms with van der Waals surface area (Å²) in [5.41, 5.74) is 0. The fourth-order valence-corrected chi connectivity index (χ4v) is 5.19. The van der Waals surface area contributed by atoms with Crippen molar-refractivity contribution in [3.8, 4) is 0 Å². The van der Waals surface area contributed by atoms with Crippen molar-refractivity contribution in [2.45, 2.75) is 109 Å². The lowest BCUT2D eigenvalue weighted by atomic mass is 10.0. The molecular formula is C20H39NO3S. The molecule has 0 radical (unpaired) electrons. The Labute approximate surface area is 155 Å². The zero-order chi connectivity index (χ0) is 18.4. The van der Waals surface area contributed by atoms with Crippen LogP contribution in [0.25, 0.3) is 0 Å². The summed E-state index contributed by atoms with van der Waals surface area (Å²) in [6, 6.07) is -0.153. The second-order valence-corrected chi connectivity index (χ2v) is 9.89. The van der Waals surface area contributed by atoms with Crippen LogP contribution in [0.4, 0.5) is 0 Å². The molecule has 0 bridgehead atoms. The summed E-state index contributed by atoms with van der Waals surface area (Å²) in [5, 5.41) is 2.86. The van der Waals surface area contributed by atoms with Crippen LogP contribution in [0.3, 0.4) is 0 Å². The van der Waals surface area contributed by atoms with E-state index in [0.29, 0.717) is 12.8 Å². The lowest BCUT2D eigenvalue weighted by molar-refractivity contribution is -0.121. The zero-order valence-corrected chi connectivity index (χ0v) is 17.0. The van der Waals surface area contributed by atoms with Crippen molar-refractivity contribution in [2.24, 2.45) is 0 Å². The van der Waals surface area contributed by atoms with Crippen molar-refractivity contribution < 1.29 is 13.2 Å². The number of amides is 1. The van der Waals surface area contributed by atoms with Gasteiger partial charge in [0.15, 0.2) is 9.84 Å². The summed E-state index contributed by atoms with van der Waals surface area (Å²) < 4.78 is 22.7. The van der Waals surface area contributed by atoms with Crippen LogP contribution in [0.2, 0.25) is 0 Å². The number of rotatable bonds is 15. The molecule has 1 heterocycles. The molecule has 1 atom stereocenters. The SMILES string of the molecule is CCCCCCCCCCCCCCCC(=O)NC1CCS(=O)(=O)C1. The number of hydrogen-bond acceptors (Lipinski definition) is 3. The van der Waals surface area contributed by atoms with Gasteiger partial charge in [0.1, 0.15) is 0 Å². The average molecular weight is 374 g/mol. The lowest BCUT2D eigenvalue weighted by Gasteiger charge is -2.10. The van der Waals surface area contributed by atoms with E-state index in [-0.39, 0.29) is 23.5 Å². The van der Waals surface area contributed by atoms with E-state index in [1.54, 1.807) is 0 Å². The van der Waals surface area contributed by atoms with Gasteiger partial charge in [0.2, 0.25) is 5.91 Å². The smallest absolute Gasteiger partial charge is 0.220 e. The summed E-state index contributed by atoms with van der Waals surface area (Å²) in [4.78, 5) is 11.8. The molecule has 0 saturated carbocycles. The number of carbonyl (C=O) groups is 1. The Hall–Kier alpha value is -0.580. The molecule has 5 heteroatoms. The summed E-state index contributed by atoms with van der Waals surface area (Å²) in [7, 11) is -2.90. The van der Waals surface area contributed by atoms with E-state index < -0.39 is 9.84 Å². The first-order valence-electron chi connectivity index (χ1n) is 10.5. The normalized spacial score (nSPS) is 19.2. The third-order valence-corrected chi connectivity index (χ3v) is 6.87. The molecule has 1 amide bonds. The largest absolute Gasteiger partial charge is 0.352 e. The monoisotopic (exact) mass is 373 g/mol. The zero-order valence-electron chi connectivity index (χ0n) is 16.2. The van der Waals surface area contributed by atoms with Crippen molar-refractivity contribution >= 4 is 15.7 Å². The van der Waals surface area contributed by atoms with Crippen molar-refractivity contribution in [2.75, 3.05) is 11.5 Å². The standard InChI is InChI=1S/C20H39NO3S/c1-2-3-4-5-6-7-8-9-10-11-12-13-14-15-20(22)21-19-16-17-25(23,24)18-19/h19H,2-18H2,1H3,(H,21,22). The van der Waals surface area contributed by atoms with Crippen LogP contribution in [-0.2, 0) is 14.6 Å². The first kappa shape index (κ1) is 22.5. The Morgan fingerprint density at radius 3 is 1.76 bits per heavy atom. The summed E-state index contributed by atoms with van der Waals surface area (Å²) in [6.45, 7) is 2.26. The molecule has 1 saturated heterocycles. The highest BCUT2D eigenvalue weighted by Crippen LogP contribution is 2.14. The van der Waals surface area contributed by atoms with Crippen molar-refractivity contribution in [1.82, 2.24) is 5.32 Å². The molecule has 1 N–H and O–H groups in total. The van der Waals surface area contributed by atoms with Crippen molar-refractivity contribution in [3.63, 3.8) is 0 Å². The first-order chi connectivity index (χ1) is 12.0. The second-order valence-electron chi connectivity index (χ2n) is 7.66. The molecule has 0 spiro atoms. The molecule has 1 rings (SSSR count). The Morgan fingerprint density at radius 2 is 1.32 bits per heavy atom. The number of hydrogen-bond donors (Lipinski definition) is 1. The quantitative estimate of drug-likeness (QED) is 0.421. The van der Waals surface area contributed by atoms with Gasteiger partial charge in [-0.05, 0) is 12.8 Å². The Balaban J connectivity index is 1.82. The molecule has 1 aliphatic heterocycles. The topological polar surface area (TPSA) is 63.2 Å². The molecule has 1 fully saturated rings. The van der Waals surface area contributed by atoms with Crippen LogP contribution >= 0.6 is 0 Å². The molecule has 4 nitrogen and oxygen atoms in total. The number of nitrogens with one attached hydrogen (secondary N) is 1. The van der Waals surface area contributed by atoms with E-state index in [1.807, 2.05) is 0 Å². The van der Waals surface area contributed by atoms with Gasteiger partial charge in [0.05, 0.1) is 11.5 Å². The van der Waals surface area contributed by atoms with Gasteiger partial charge in [0, 0.05) is 12.5 Å². The summed E-state index contributed by atoms with van der Waals surface area (Å²) in [6.07, 6.45) is 18.0. The van der Waals surface area contributed by atoms with E-state index in [2.05, 4.69) is 12.2 Å². The molecule has 148 valence electrons. The van der Waals surface area contributed by atoms with Gasteiger partial charge in [0.25, 0.3) is 0 Å². The molecule has 1 unspecified atom stereocenters. The second kappa shape index (κ2) is 13.6. The van der Waals surface area contributed by atoms with Crippen LogP contribution in [0.15, 0.2) is 0 Å². The minimum atomic E-state index is -2.90. The highest BCUT2D eigenvalue weighted by molar-refractivity contribution is 7.91. The summed E-state index contributed by atoms with van der Waals surface area (Å²) >= 11 is 0. The molecule has 0 aromatic rings. The highest BCUT2D eigenvalue weighted by Gasteiger charge is 2.28. The van der Waals surface area contributed by atoms with Crippen LogP contribution in [0.5, 0.6) is 0 Å². The third kappa shape index (κ3) is 12.4. The Morgan fingerprint density at radius 1 is 0.840 bits per heavy atom. The van der Waals surface area contributed by atoms with Gasteiger partial charge in [-0.25, -0.2) is 8.42 Å². The van der Waals surface area contributed by atoms with Crippen LogP contribution in [-0.4, -0.2) is 31.9 Å². The fourth-order valence-electron chi connectivity index (χ4n) is 3.51. The minimum Gasteiger partial charge on any atom is -0.352 e. The highest BCUT2D eigenvalue weighted by atomic mass is 32.2. The molecule has 0 aliphatic carbocycles. The predicted molar refractivity (Wildman–Crippen MR) is 106 cm³/mol. The number of unbranched alkanes of at least 4 members (excludes halogenated alkanes) is 12. The van der Waals surface area contributed by atoms with E-state index in [4.69, 9.17) is 0 Å². The molecule has 1 aliphatic rings. The average Bonchev–Trinajstić information content (AvgIpc) is 2.90. The van der Waals surface area contributed by atoms with Gasteiger partial charge < -0.3 is 5.32 Å². The van der Waals surface area contributed by atoms with Crippen LogP contribution in [0, 0.1) is 0 Å². The predicted octanol–water partition coefficient (Wildman–Crippen LogP) is 4.77. The Kier molecular flexibility index (Phi) is 12.2. The number of sulfone groups is 1. The van der Waals surface area contributed by atoms with Gasteiger partial charge in [-0.2, -0.15) is 0 Å². The van der Waals surface area contributed by atoms with E-state index >= 15 is 0 Å². The van der Waals surface area contributed by atoms with Crippen molar-refractivity contribution in [1.29, 1.82) is 0 Å². The molecule has 0 aromatic heterocycles. The van der Waals surface area contributed by atoms with Gasteiger partial charge in [-0.3, -0.25) is 4.79 Å². The maximum atomic E-state index is 11.8. The Bertz CT molecular complexity index is 448.